The van der Waals surface area contributed by atoms with Crippen molar-refractivity contribution in [2.75, 3.05) is 18.1 Å². The van der Waals surface area contributed by atoms with Gasteiger partial charge in [0, 0.05) is 28.7 Å². The number of alkyl halides is 5. The Morgan fingerprint density at radius 1 is 0.756 bits per heavy atom. The zero-order valence-electron chi connectivity index (χ0n) is 22.9. The SMILES string of the molecule is CC/C(=C(/c1ccc(O)cc1)c1ccc(OCCCCCS(=O)CCCC(F)(F)C(F)(F)F)cc1)c1ccccc1. The van der Waals surface area contributed by atoms with Crippen LogP contribution < -0.4 is 4.74 Å². The summed E-state index contributed by atoms with van der Waals surface area (Å²) in [6, 6.07) is 25.1. The molecule has 41 heavy (non-hydrogen) atoms. The number of unbranched alkanes of at least 4 members (excludes halogenated alkanes) is 2. The average molecular weight is 595 g/mol. The Morgan fingerprint density at radius 3 is 1.93 bits per heavy atom. The lowest BCUT2D eigenvalue weighted by molar-refractivity contribution is -0.284. The summed E-state index contributed by atoms with van der Waals surface area (Å²) in [7, 11) is -1.43. The monoisotopic (exact) mass is 594 g/mol. The fourth-order valence-electron chi connectivity index (χ4n) is 4.46. The molecule has 0 saturated heterocycles. The Balaban J connectivity index is 1.52. The molecule has 0 amide bonds. The molecule has 0 aliphatic carbocycles. The third-order valence-corrected chi connectivity index (χ3v) is 8.13. The summed E-state index contributed by atoms with van der Waals surface area (Å²) in [5, 5.41) is 9.80. The average Bonchev–Trinajstić information content (AvgIpc) is 2.94. The normalized spacial score (nSPS) is 13.5. The smallest absolute Gasteiger partial charge is 0.453 e. The van der Waals surface area contributed by atoms with Crippen molar-refractivity contribution in [3.8, 4) is 11.5 Å². The Bertz CT molecular complexity index is 1270. The molecular weight excluding hydrogens is 559 g/mol. The van der Waals surface area contributed by atoms with E-state index in [-0.39, 0.29) is 17.3 Å². The molecule has 3 rings (SSSR count). The second-order valence-electron chi connectivity index (χ2n) is 9.71. The second kappa shape index (κ2) is 15.1. The lowest BCUT2D eigenvalue weighted by atomic mass is 9.88. The Morgan fingerprint density at radius 2 is 1.34 bits per heavy atom. The van der Waals surface area contributed by atoms with E-state index in [4.69, 9.17) is 4.74 Å². The van der Waals surface area contributed by atoms with Gasteiger partial charge in [-0.3, -0.25) is 4.21 Å². The van der Waals surface area contributed by atoms with Crippen molar-refractivity contribution in [2.24, 2.45) is 0 Å². The molecular formula is C32H35F5O3S. The van der Waals surface area contributed by atoms with Gasteiger partial charge < -0.3 is 9.84 Å². The molecule has 3 nitrogen and oxygen atoms in total. The molecule has 0 aliphatic heterocycles. The molecule has 1 atom stereocenters. The van der Waals surface area contributed by atoms with Crippen LogP contribution in [0.2, 0.25) is 0 Å². The molecule has 0 fully saturated rings. The van der Waals surface area contributed by atoms with Crippen LogP contribution in [0.3, 0.4) is 0 Å². The molecule has 1 unspecified atom stereocenters. The molecule has 222 valence electrons. The summed E-state index contributed by atoms with van der Waals surface area (Å²) in [5.41, 5.74) is 5.37. The summed E-state index contributed by atoms with van der Waals surface area (Å²) in [5.74, 6) is -3.74. The molecule has 0 spiro atoms. The van der Waals surface area contributed by atoms with Gasteiger partial charge in [-0.05, 0) is 84.2 Å². The van der Waals surface area contributed by atoms with Gasteiger partial charge in [0.1, 0.15) is 11.5 Å². The van der Waals surface area contributed by atoms with Crippen LogP contribution in [-0.2, 0) is 10.8 Å². The Hall–Kier alpha value is -3.20. The van der Waals surface area contributed by atoms with Gasteiger partial charge in [0.05, 0.1) is 6.61 Å². The number of hydrogen-bond donors (Lipinski definition) is 1. The molecule has 1 N–H and O–H groups in total. The number of halogens is 5. The van der Waals surface area contributed by atoms with Gasteiger partial charge in [0.2, 0.25) is 0 Å². The topological polar surface area (TPSA) is 46.5 Å². The summed E-state index contributed by atoms with van der Waals surface area (Å²) < 4.78 is 80.3. The van der Waals surface area contributed by atoms with Crippen LogP contribution in [0.25, 0.3) is 11.1 Å². The largest absolute Gasteiger partial charge is 0.508 e. The van der Waals surface area contributed by atoms with Crippen molar-refractivity contribution in [1.29, 1.82) is 0 Å². The number of ether oxygens (including phenoxy) is 1. The van der Waals surface area contributed by atoms with E-state index in [2.05, 4.69) is 19.1 Å². The molecule has 0 saturated carbocycles. The van der Waals surface area contributed by atoms with Crippen LogP contribution in [0.1, 0.15) is 62.1 Å². The van der Waals surface area contributed by atoms with E-state index >= 15 is 0 Å². The lowest BCUT2D eigenvalue weighted by Crippen LogP contribution is -2.36. The van der Waals surface area contributed by atoms with E-state index in [0.717, 1.165) is 28.7 Å². The lowest BCUT2D eigenvalue weighted by Gasteiger charge is -2.19. The fraction of sp³-hybridized carbons (Fsp3) is 0.375. The van der Waals surface area contributed by atoms with Gasteiger partial charge in [0.25, 0.3) is 0 Å². The number of allylic oxidation sites excluding steroid dienone is 1. The third-order valence-electron chi connectivity index (χ3n) is 6.64. The van der Waals surface area contributed by atoms with Crippen LogP contribution in [-0.4, -0.2) is 39.5 Å². The number of phenols is 1. The van der Waals surface area contributed by atoms with Crippen molar-refractivity contribution in [2.45, 2.75) is 57.5 Å². The van der Waals surface area contributed by atoms with Gasteiger partial charge in [-0.25, -0.2) is 0 Å². The minimum Gasteiger partial charge on any atom is -0.508 e. The van der Waals surface area contributed by atoms with E-state index in [1.54, 1.807) is 12.1 Å². The maximum atomic E-state index is 12.9. The number of hydrogen-bond acceptors (Lipinski definition) is 3. The molecule has 3 aromatic carbocycles. The molecule has 0 heterocycles. The van der Waals surface area contributed by atoms with Crippen LogP contribution in [0.4, 0.5) is 22.0 Å². The first-order chi connectivity index (χ1) is 19.5. The Labute approximate surface area is 240 Å². The number of rotatable bonds is 15. The third kappa shape index (κ3) is 9.69. The molecule has 9 heteroatoms. The van der Waals surface area contributed by atoms with Crippen molar-refractivity contribution in [1.82, 2.24) is 0 Å². The highest BCUT2D eigenvalue weighted by Crippen LogP contribution is 2.39. The minimum atomic E-state index is -5.57. The van der Waals surface area contributed by atoms with Crippen LogP contribution >= 0.6 is 0 Å². The first-order valence-corrected chi connectivity index (χ1v) is 15.1. The molecule has 3 aromatic rings. The van der Waals surface area contributed by atoms with E-state index in [0.29, 0.717) is 31.6 Å². The summed E-state index contributed by atoms with van der Waals surface area (Å²) in [6.45, 7) is 2.55. The van der Waals surface area contributed by atoms with Gasteiger partial charge in [-0.2, -0.15) is 22.0 Å². The minimum absolute atomic E-state index is 0.168. The van der Waals surface area contributed by atoms with Gasteiger partial charge >= 0.3 is 12.1 Å². The number of aromatic hydroxyl groups is 1. The number of phenolic OH excluding ortho intramolecular Hbond substituents is 1. The number of benzene rings is 3. The maximum absolute atomic E-state index is 12.9. The fourth-order valence-corrected chi connectivity index (χ4v) is 5.65. The first-order valence-electron chi connectivity index (χ1n) is 13.6. The van der Waals surface area contributed by atoms with E-state index in [1.807, 2.05) is 54.6 Å². The zero-order valence-corrected chi connectivity index (χ0v) is 23.7. The standard InChI is InChI=1S/C32H35F5O3S/c1-2-29(24-10-5-3-6-11-24)30(25-12-16-27(38)17-13-25)26-14-18-28(19-15-26)40-21-7-4-8-22-41(39)23-9-20-31(33,34)32(35,36)37/h3,5-6,10-19,38H,2,4,7-9,20-23H2,1H3/b30-29+. The highest BCUT2D eigenvalue weighted by atomic mass is 32.2. The summed E-state index contributed by atoms with van der Waals surface area (Å²) in [6.07, 6.45) is -4.57. The molecule has 0 radical (unpaired) electrons. The molecule has 0 bridgehead atoms. The van der Waals surface area contributed by atoms with E-state index in [1.165, 1.54) is 5.57 Å². The predicted molar refractivity (Wildman–Crippen MR) is 155 cm³/mol. The van der Waals surface area contributed by atoms with Crippen molar-refractivity contribution < 1.29 is 36.0 Å². The second-order valence-corrected chi connectivity index (χ2v) is 11.4. The van der Waals surface area contributed by atoms with Crippen LogP contribution in [0.15, 0.2) is 78.9 Å². The zero-order chi connectivity index (χ0) is 29.9. The quantitative estimate of drug-likeness (QED) is 0.109. The summed E-state index contributed by atoms with van der Waals surface area (Å²) in [4.78, 5) is 0. The maximum Gasteiger partial charge on any atom is 0.453 e. The van der Waals surface area contributed by atoms with Crippen LogP contribution in [0, 0.1) is 0 Å². The van der Waals surface area contributed by atoms with Crippen molar-refractivity contribution in [3.05, 3.63) is 95.6 Å². The molecule has 0 aliphatic rings. The van der Waals surface area contributed by atoms with Gasteiger partial charge in [-0.1, -0.05) is 61.5 Å². The highest BCUT2D eigenvalue weighted by Gasteiger charge is 2.56. The van der Waals surface area contributed by atoms with Gasteiger partial charge in [-0.15, -0.1) is 0 Å². The predicted octanol–water partition coefficient (Wildman–Crippen LogP) is 9.04. The summed E-state index contributed by atoms with van der Waals surface area (Å²) >= 11 is 0. The highest BCUT2D eigenvalue weighted by molar-refractivity contribution is 7.84. The molecule has 0 aromatic heterocycles. The van der Waals surface area contributed by atoms with Gasteiger partial charge in [0.15, 0.2) is 0 Å². The Kier molecular flexibility index (Phi) is 11.9. The van der Waals surface area contributed by atoms with Crippen molar-refractivity contribution >= 4 is 21.9 Å². The first kappa shape index (κ1) is 32.3. The van der Waals surface area contributed by atoms with E-state index < -0.39 is 35.7 Å². The van der Waals surface area contributed by atoms with Crippen molar-refractivity contribution in [3.63, 3.8) is 0 Å². The van der Waals surface area contributed by atoms with Crippen LogP contribution in [0.5, 0.6) is 11.5 Å². The van der Waals surface area contributed by atoms with E-state index in [9.17, 15) is 31.3 Å².